The Balaban J connectivity index is 2.51. The summed E-state index contributed by atoms with van der Waals surface area (Å²) >= 11 is 0. The first kappa shape index (κ1) is 15.5. The van der Waals surface area contributed by atoms with Crippen LogP contribution in [0.3, 0.4) is 0 Å². The molecule has 0 unspecified atom stereocenters. The average molecular weight is 303 g/mol. The van der Waals surface area contributed by atoms with Crippen molar-refractivity contribution >= 4 is 11.8 Å². The van der Waals surface area contributed by atoms with Crippen molar-refractivity contribution < 1.29 is 23.1 Å². The molecule has 0 aliphatic carbocycles. The molecule has 0 bridgehead atoms. The summed E-state index contributed by atoms with van der Waals surface area (Å²) in [4.78, 5) is 13.1. The van der Waals surface area contributed by atoms with Crippen LogP contribution >= 0.6 is 0 Å². The summed E-state index contributed by atoms with van der Waals surface area (Å²) in [5.74, 6) is -1.37. The van der Waals surface area contributed by atoms with Gasteiger partial charge in [-0.3, -0.25) is 0 Å². The Morgan fingerprint density at radius 2 is 1.71 bits per heavy atom. The Bertz CT molecular complexity index is 538. The summed E-state index contributed by atoms with van der Waals surface area (Å²) in [6.45, 7) is 2.29. The predicted molar refractivity (Wildman–Crippen MR) is 69.4 cm³/mol. The van der Waals surface area contributed by atoms with Crippen LogP contribution in [0.25, 0.3) is 0 Å². The lowest BCUT2D eigenvalue weighted by Gasteiger charge is -2.24. The first-order valence-corrected chi connectivity index (χ1v) is 6.75. The Kier molecular flexibility index (Phi) is 4.34. The van der Waals surface area contributed by atoms with E-state index in [-0.39, 0.29) is 11.4 Å². The van der Waals surface area contributed by atoms with E-state index in [1.165, 1.54) is 0 Å². The van der Waals surface area contributed by atoms with E-state index in [0.717, 1.165) is 32.6 Å². The van der Waals surface area contributed by atoms with E-state index < -0.39 is 23.4 Å². The average Bonchev–Trinajstić information content (AvgIpc) is 2.64. The van der Waals surface area contributed by atoms with Crippen molar-refractivity contribution in [2.45, 2.75) is 38.8 Å². The highest BCUT2D eigenvalue weighted by atomic mass is 19.4. The molecule has 8 heteroatoms. The maximum Gasteiger partial charge on any atom is 0.435 e. The van der Waals surface area contributed by atoms with E-state index in [1.54, 1.807) is 4.90 Å². The second kappa shape index (κ2) is 5.87. The van der Waals surface area contributed by atoms with E-state index in [0.29, 0.717) is 13.1 Å². The van der Waals surface area contributed by atoms with Crippen molar-refractivity contribution in [3.63, 3.8) is 0 Å². The molecule has 1 N–H and O–H groups in total. The van der Waals surface area contributed by atoms with Crippen molar-refractivity contribution in [2.75, 3.05) is 18.0 Å². The topological polar surface area (TPSA) is 66.3 Å². The fourth-order valence-corrected chi connectivity index (χ4v) is 2.54. The summed E-state index contributed by atoms with van der Waals surface area (Å²) in [7, 11) is 0. The number of carboxylic acid groups (broad SMARTS) is 1. The molecule has 1 saturated heterocycles. The van der Waals surface area contributed by atoms with Crippen LogP contribution in [0.1, 0.15) is 47.3 Å². The first-order chi connectivity index (χ1) is 9.82. The molecule has 1 aromatic heterocycles. The van der Waals surface area contributed by atoms with Crippen molar-refractivity contribution in [3.05, 3.63) is 16.8 Å². The lowest BCUT2D eigenvalue weighted by Crippen LogP contribution is -2.29. The van der Waals surface area contributed by atoms with Crippen LogP contribution in [0.15, 0.2) is 0 Å². The van der Waals surface area contributed by atoms with Gasteiger partial charge in [-0.05, 0) is 19.8 Å². The van der Waals surface area contributed by atoms with Gasteiger partial charge < -0.3 is 10.0 Å². The molecular formula is C13H16F3N3O2. The third-order valence-electron chi connectivity index (χ3n) is 3.59. The molecule has 1 aliphatic heterocycles. The summed E-state index contributed by atoms with van der Waals surface area (Å²) in [5, 5.41) is 16.1. The minimum absolute atomic E-state index is 0.0369. The number of anilines is 1. The summed E-state index contributed by atoms with van der Waals surface area (Å²) in [6, 6.07) is 0. The van der Waals surface area contributed by atoms with Crippen LogP contribution in [0, 0.1) is 6.92 Å². The van der Waals surface area contributed by atoms with E-state index in [9.17, 15) is 23.1 Å². The zero-order chi connectivity index (χ0) is 15.6. The molecule has 0 atom stereocenters. The Morgan fingerprint density at radius 1 is 1.14 bits per heavy atom. The van der Waals surface area contributed by atoms with Gasteiger partial charge in [0.2, 0.25) is 0 Å². The van der Waals surface area contributed by atoms with Gasteiger partial charge in [0, 0.05) is 18.7 Å². The lowest BCUT2D eigenvalue weighted by molar-refractivity contribution is -0.142. The number of halogens is 3. The number of carboxylic acids is 1. The molecule has 2 heterocycles. The molecule has 21 heavy (non-hydrogen) atoms. The fourth-order valence-electron chi connectivity index (χ4n) is 2.54. The van der Waals surface area contributed by atoms with Crippen molar-refractivity contribution in [3.8, 4) is 0 Å². The van der Waals surface area contributed by atoms with Gasteiger partial charge in [0.1, 0.15) is 5.56 Å². The van der Waals surface area contributed by atoms with E-state index >= 15 is 0 Å². The molecule has 0 amide bonds. The lowest BCUT2D eigenvalue weighted by atomic mass is 10.1. The highest BCUT2D eigenvalue weighted by Gasteiger charge is 2.38. The zero-order valence-electron chi connectivity index (χ0n) is 11.6. The van der Waals surface area contributed by atoms with E-state index in [4.69, 9.17) is 0 Å². The minimum atomic E-state index is -4.71. The van der Waals surface area contributed by atoms with Crippen LogP contribution in [0.4, 0.5) is 19.0 Å². The third-order valence-corrected chi connectivity index (χ3v) is 3.59. The van der Waals surface area contributed by atoms with Gasteiger partial charge in [-0.1, -0.05) is 12.8 Å². The zero-order valence-corrected chi connectivity index (χ0v) is 11.6. The second-order valence-corrected chi connectivity index (χ2v) is 5.08. The Morgan fingerprint density at radius 3 is 2.19 bits per heavy atom. The number of aromatic nitrogens is 2. The summed E-state index contributed by atoms with van der Waals surface area (Å²) in [5.41, 5.74) is -2.03. The molecule has 0 aromatic carbocycles. The minimum Gasteiger partial charge on any atom is -0.478 e. The molecule has 116 valence electrons. The van der Waals surface area contributed by atoms with Gasteiger partial charge in [-0.25, -0.2) is 4.79 Å². The quantitative estimate of drug-likeness (QED) is 0.910. The maximum atomic E-state index is 12.8. The first-order valence-electron chi connectivity index (χ1n) is 6.75. The monoisotopic (exact) mass is 303 g/mol. The molecule has 0 radical (unpaired) electrons. The highest BCUT2D eigenvalue weighted by Crippen LogP contribution is 2.34. The molecule has 5 nitrogen and oxygen atoms in total. The van der Waals surface area contributed by atoms with Crippen LogP contribution in [0.5, 0.6) is 0 Å². The van der Waals surface area contributed by atoms with Crippen molar-refractivity contribution in [2.24, 2.45) is 0 Å². The van der Waals surface area contributed by atoms with Crippen LogP contribution in [-0.4, -0.2) is 34.4 Å². The summed E-state index contributed by atoms with van der Waals surface area (Å²) < 4.78 is 38.5. The van der Waals surface area contributed by atoms with Gasteiger partial charge >= 0.3 is 12.1 Å². The molecule has 1 aromatic rings. The highest BCUT2D eigenvalue weighted by molar-refractivity contribution is 5.95. The number of hydrogen-bond acceptors (Lipinski definition) is 4. The van der Waals surface area contributed by atoms with E-state index in [1.807, 2.05) is 0 Å². The van der Waals surface area contributed by atoms with Gasteiger partial charge in [0.25, 0.3) is 0 Å². The Hall–Kier alpha value is -1.86. The van der Waals surface area contributed by atoms with Gasteiger partial charge in [0.05, 0.1) is 0 Å². The summed E-state index contributed by atoms with van der Waals surface area (Å²) in [6.07, 6.45) is -0.946. The molecular weight excluding hydrogens is 287 g/mol. The van der Waals surface area contributed by atoms with Crippen molar-refractivity contribution in [1.82, 2.24) is 10.2 Å². The van der Waals surface area contributed by atoms with Gasteiger partial charge in [-0.2, -0.15) is 13.2 Å². The molecule has 0 spiro atoms. The standard InChI is InChI=1S/C13H16F3N3O2/c1-8-9(12(20)21)11(18-17-10(8)13(14,15)16)19-6-4-2-3-5-7-19/h2-7H2,1H3,(H,20,21). The smallest absolute Gasteiger partial charge is 0.435 e. The number of hydrogen-bond donors (Lipinski definition) is 1. The number of nitrogens with zero attached hydrogens (tertiary/aromatic N) is 3. The molecule has 2 rings (SSSR count). The van der Waals surface area contributed by atoms with Gasteiger partial charge in [-0.15, -0.1) is 10.2 Å². The molecule has 0 saturated carbocycles. The number of alkyl halides is 3. The number of carbonyl (C=O) groups is 1. The number of rotatable bonds is 2. The van der Waals surface area contributed by atoms with Crippen LogP contribution in [-0.2, 0) is 6.18 Å². The maximum absolute atomic E-state index is 12.8. The largest absolute Gasteiger partial charge is 0.478 e. The molecule has 1 fully saturated rings. The third kappa shape index (κ3) is 3.25. The van der Waals surface area contributed by atoms with Gasteiger partial charge in [0.15, 0.2) is 11.5 Å². The Labute approximate surface area is 119 Å². The van der Waals surface area contributed by atoms with Crippen molar-refractivity contribution in [1.29, 1.82) is 0 Å². The van der Waals surface area contributed by atoms with Crippen LogP contribution < -0.4 is 4.90 Å². The van der Waals surface area contributed by atoms with Crippen LogP contribution in [0.2, 0.25) is 0 Å². The normalized spacial score (nSPS) is 16.7. The number of aromatic carboxylic acids is 1. The fraction of sp³-hybridized carbons (Fsp3) is 0.615. The second-order valence-electron chi connectivity index (χ2n) is 5.08. The van der Waals surface area contributed by atoms with E-state index in [2.05, 4.69) is 10.2 Å². The molecule has 1 aliphatic rings. The SMILES string of the molecule is Cc1c(C(F)(F)F)nnc(N2CCCCCC2)c1C(=O)O. The predicted octanol–water partition coefficient (Wildman–Crippen LogP) is 2.88.